The molecule has 0 saturated heterocycles. The Morgan fingerprint density at radius 3 is 2.64 bits per heavy atom. The molecule has 0 rings (SSSR count). The van der Waals surface area contributed by atoms with Crippen LogP contribution in [0.4, 0.5) is 0 Å². The standard InChI is InChI=1S/C8H14O3/c1-4-6(5-2)7(9)8(10)11-3/h4,6-7,9H,1,5H2,2-3H3/t6-,7+/m1/s1. The zero-order valence-corrected chi connectivity index (χ0v) is 6.91. The van der Waals surface area contributed by atoms with Gasteiger partial charge in [-0.25, -0.2) is 4.79 Å². The number of aliphatic hydroxyl groups excluding tert-OH is 1. The molecule has 2 atom stereocenters. The third-order valence-corrected chi connectivity index (χ3v) is 1.62. The molecule has 0 aliphatic carbocycles. The maximum Gasteiger partial charge on any atom is 0.335 e. The van der Waals surface area contributed by atoms with Gasteiger partial charge in [-0.1, -0.05) is 13.0 Å². The van der Waals surface area contributed by atoms with Gasteiger partial charge in [-0.05, 0) is 6.42 Å². The van der Waals surface area contributed by atoms with Gasteiger partial charge in [0.25, 0.3) is 0 Å². The van der Waals surface area contributed by atoms with Gasteiger partial charge in [0.05, 0.1) is 7.11 Å². The molecule has 3 nitrogen and oxygen atoms in total. The van der Waals surface area contributed by atoms with Gasteiger partial charge < -0.3 is 9.84 Å². The number of aliphatic hydroxyl groups is 1. The fourth-order valence-corrected chi connectivity index (χ4v) is 0.814. The minimum absolute atomic E-state index is 0.206. The number of hydrogen-bond donors (Lipinski definition) is 1. The number of esters is 1. The van der Waals surface area contributed by atoms with Crippen LogP contribution in [0, 0.1) is 5.92 Å². The second-order valence-corrected chi connectivity index (χ2v) is 2.28. The van der Waals surface area contributed by atoms with E-state index in [0.29, 0.717) is 6.42 Å². The molecule has 0 radical (unpaired) electrons. The van der Waals surface area contributed by atoms with Crippen LogP contribution in [0.1, 0.15) is 13.3 Å². The van der Waals surface area contributed by atoms with E-state index in [1.807, 2.05) is 6.92 Å². The van der Waals surface area contributed by atoms with Crippen LogP contribution in [0.25, 0.3) is 0 Å². The average molecular weight is 158 g/mol. The van der Waals surface area contributed by atoms with Gasteiger partial charge >= 0.3 is 5.97 Å². The molecule has 11 heavy (non-hydrogen) atoms. The van der Waals surface area contributed by atoms with Crippen molar-refractivity contribution in [3.63, 3.8) is 0 Å². The Labute approximate surface area is 66.7 Å². The first kappa shape index (κ1) is 10.2. The van der Waals surface area contributed by atoms with Crippen LogP contribution in [0.2, 0.25) is 0 Å². The first-order chi connectivity index (χ1) is 5.17. The molecule has 0 aromatic heterocycles. The summed E-state index contributed by atoms with van der Waals surface area (Å²) in [6.07, 6.45) is 1.17. The van der Waals surface area contributed by atoms with Crippen molar-refractivity contribution in [2.75, 3.05) is 7.11 Å². The van der Waals surface area contributed by atoms with E-state index in [-0.39, 0.29) is 5.92 Å². The first-order valence-electron chi connectivity index (χ1n) is 3.55. The molecular weight excluding hydrogens is 144 g/mol. The normalized spacial score (nSPS) is 15.2. The number of carbonyl (C=O) groups is 1. The number of methoxy groups -OCH3 is 1. The summed E-state index contributed by atoms with van der Waals surface area (Å²) in [5.41, 5.74) is 0. The third kappa shape index (κ3) is 2.72. The van der Waals surface area contributed by atoms with Crippen molar-refractivity contribution in [3.8, 4) is 0 Å². The van der Waals surface area contributed by atoms with E-state index in [0.717, 1.165) is 0 Å². The summed E-state index contributed by atoms with van der Waals surface area (Å²) < 4.78 is 4.36. The van der Waals surface area contributed by atoms with E-state index in [2.05, 4.69) is 11.3 Å². The highest BCUT2D eigenvalue weighted by atomic mass is 16.5. The van der Waals surface area contributed by atoms with Gasteiger partial charge in [0.1, 0.15) is 0 Å². The zero-order chi connectivity index (χ0) is 8.85. The summed E-state index contributed by atoms with van der Waals surface area (Å²) >= 11 is 0. The van der Waals surface area contributed by atoms with Gasteiger partial charge in [-0.15, -0.1) is 6.58 Å². The van der Waals surface area contributed by atoms with Crippen molar-refractivity contribution in [3.05, 3.63) is 12.7 Å². The largest absolute Gasteiger partial charge is 0.467 e. The summed E-state index contributed by atoms with van der Waals surface area (Å²) in [5.74, 6) is -0.806. The van der Waals surface area contributed by atoms with Crippen molar-refractivity contribution < 1.29 is 14.6 Å². The van der Waals surface area contributed by atoms with Crippen LogP contribution in [0.5, 0.6) is 0 Å². The third-order valence-electron chi connectivity index (χ3n) is 1.62. The zero-order valence-electron chi connectivity index (χ0n) is 6.91. The summed E-state index contributed by atoms with van der Waals surface area (Å²) in [7, 11) is 1.25. The van der Waals surface area contributed by atoms with Gasteiger partial charge in [0.15, 0.2) is 6.10 Å². The summed E-state index contributed by atoms with van der Waals surface area (Å²) in [4.78, 5) is 10.8. The summed E-state index contributed by atoms with van der Waals surface area (Å²) in [6, 6.07) is 0. The Morgan fingerprint density at radius 2 is 2.36 bits per heavy atom. The minimum atomic E-state index is -1.07. The molecular formula is C8H14O3. The van der Waals surface area contributed by atoms with Gasteiger partial charge in [0.2, 0.25) is 0 Å². The number of rotatable bonds is 4. The maximum atomic E-state index is 10.8. The Bertz CT molecular complexity index is 142. The quantitative estimate of drug-likeness (QED) is 0.484. The predicted octanol–water partition coefficient (Wildman–Crippen LogP) is 0.732. The minimum Gasteiger partial charge on any atom is -0.467 e. The molecule has 3 heteroatoms. The molecule has 0 fully saturated rings. The van der Waals surface area contributed by atoms with E-state index in [1.165, 1.54) is 7.11 Å². The molecule has 0 spiro atoms. The SMILES string of the molecule is C=C[C@H](CC)[C@H](O)C(=O)OC. The Kier molecular flexibility index (Phi) is 4.54. The van der Waals surface area contributed by atoms with Gasteiger partial charge in [-0.2, -0.15) is 0 Å². The van der Waals surface area contributed by atoms with Crippen molar-refractivity contribution in [1.29, 1.82) is 0 Å². The summed E-state index contributed by atoms with van der Waals surface area (Å²) in [6.45, 7) is 5.38. The van der Waals surface area contributed by atoms with Crippen LogP contribution in [0.15, 0.2) is 12.7 Å². The molecule has 0 aromatic carbocycles. The molecule has 0 aliphatic rings. The van der Waals surface area contributed by atoms with Crippen LogP contribution in [-0.4, -0.2) is 24.3 Å². The van der Waals surface area contributed by atoms with Crippen molar-refractivity contribution >= 4 is 5.97 Å². The molecule has 1 N–H and O–H groups in total. The van der Waals surface area contributed by atoms with E-state index in [4.69, 9.17) is 0 Å². The fraction of sp³-hybridized carbons (Fsp3) is 0.625. The maximum absolute atomic E-state index is 10.8. The van der Waals surface area contributed by atoms with Crippen molar-refractivity contribution in [2.24, 2.45) is 5.92 Å². The predicted molar refractivity (Wildman–Crippen MR) is 42.0 cm³/mol. The molecule has 0 saturated carbocycles. The molecule has 0 bridgehead atoms. The van der Waals surface area contributed by atoms with Crippen molar-refractivity contribution in [1.82, 2.24) is 0 Å². The Morgan fingerprint density at radius 1 is 1.82 bits per heavy atom. The van der Waals surface area contributed by atoms with Gasteiger partial charge in [0, 0.05) is 5.92 Å². The Balaban J connectivity index is 4.07. The lowest BCUT2D eigenvalue weighted by Gasteiger charge is -2.14. The monoisotopic (exact) mass is 158 g/mol. The second-order valence-electron chi connectivity index (χ2n) is 2.28. The molecule has 0 aliphatic heterocycles. The van der Waals surface area contributed by atoms with Crippen LogP contribution >= 0.6 is 0 Å². The molecule has 0 unspecified atom stereocenters. The van der Waals surface area contributed by atoms with Gasteiger partial charge in [-0.3, -0.25) is 0 Å². The Hall–Kier alpha value is -0.830. The fourth-order valence-electron chi connectivity index (χ4n) is 0.814. The highest BCUT2D eigenvalue weighted by Crippen LogP contribution is 2.10. The molecule has 64 valence electrons. The van der Waals surface area contributed by atoms with Crippen LogP contribution < -0.4 is 0 Å². The molecule has 0 amide bonds. The van der Waals surface area contributed by atoms with Crippen LogP contribution in [0.3, 0.4) is 0 Å². The van der Waals surface area contributed by atoms with Crippen molar-refractivity contribution in [2.45, 2.75) is 19.4 Å². The van der Waals surface area contributed by atoms with E-state index in [9.17, 15) is 9.90 Å². The highest BCUT2D eigenvalue weighted by molar-refractivity contribution is 5.74. The van der Waals surface area contributed by atoms with E-state index >= 15 is 0 Å². The lowest BCUT2D eigenvalue weighted by Crippen LogP contribution is -2.28. The summed E-state index contributed by atoms with van der Waals surface area (Å²) in [5, 5.41) is 9.23. The first-order valence-corrected chi connectivity index (χ1v) is 3.55. The van der Waals surface area contributed by atoms with E-state index in [1.54, 1.807) is 6.08 Å². The number of hydrogen-bond acceptors (Lipinski definition) is 3. The second kappa shape index (κ2) is 4.91. The molecule has 0 heterocycles. The highest BCUT2D eigenvalue weighted by Gasteiger charge is 2.22. The molecule has 0 aromatic rings. The smallest absolute Gasteiger partial charge is 0.335 e. The topological polar surface area (TPSA) is 46.5 Å². The van der Waals surface area contributed by atoms with Crippen LogP contribution in [-0.2, 0) is 9.53 Å². The number of carbonyl (C=O) groups excluding carboxylic acids is 1. The average Bonchev–Trinajstić information content (AvgIpc) is 2.05. The lowest BCUT2D eigenvalue weighted by molar-refractivity contribution is -0.152. The number of ether oxygens (including phenoxy) is 1. The van der Waals surface area contributed by atoms with E-state index < -0.39 is 12.1 Å². The lowest BCUT2D eigenvalue weighted by atomic mass is 10.00.